The minimum atomic E-state index is -4.23. The van der Waals surface area contributed by atoms with Crippen molar-refractivity contribution >= 4 is 29.2 Å². The van der Waals surface area contributed by atoms with E-state index in [1.165, 1.54) is 23.7 Å². The zero-order chi connectivity index (χ0) is 26.5. The number of hydrogen-bond donors (Lipinski definition) is 0. The van der Waals surface area contributed by atoms with E-state index in [0.717, 1.165) is 6.42 Å². The zero-order valence-electron chi connectivity index (χ0n) is 20.8. The molecule has 0 N–H and O–H groups in total. The highest BCUT2D eigenvalue weighted by Gasteiger charge is 2.50. The molecule has 3 saturated heterocycles. The van der Waals surface area contributed by atoms with Crippen LogP contribution in [0, 0.1) is 0 Å². The molecule has 1 aromatic carbocycles. The number of oxazole rings is 1. The zero-order valence-corrected chi connectivity index (χ0v) is 20.8. The molecule has 2 bridgehead atoms. The van der Waals surface area contributed by atoms with E-state index in [4.69, 9.17) is 13.9 Å². The van der Waals surface area contributed by atoms with Gasteiger partial charge in [-0.05, 0) is 52.3 Å². The van der Waals surface area contributed by atoms with E-state index in [9.17, 15) is 18.4 Å². The van der Waals surface area contributed by atoms with Crippen LogP contribution in [0.15, 0.2) is 35.0 Å². The van der Waals surface area contributed by atoms with Gasteiger partial charge in [0.1, 0.15) is 11.3 Å². The number of piperidine rings is 1. The van der Waals surface area contributed by atoms with Gasteiger partial charge in [0.05, 0.1) is 18.7 Å². The number of alkyl halides is 2. The van der Waals surface area contributed by atoms with Gasteiger partial charge in [-0.2, -0.15) is 18.9 Å². The van der Waals surface area contributed by atoms with Crippen molar-refractivity contribution in [1.82, 2.24) is 19.7 Å². The van der Waals surface area contributed by atoms with Crippen LogP contribution in [-0.2, 0) is 14.3 Å². The number of esters is 1. The quantitative estimate of drug-likeness (QED) is 0.450. The molecular weight excluding hydrogens is 492 g/mol. The van der Waals surface area contributed by atoms with Crippen molar-refractivity contribution in [1.29, 1.82) is 0 Å². The number of rotatable bonds is 6. The van der Waals surface area contributed by atoms with Crippen LogP contribution in [0.5, 0.6) is 5.75 Å². The fraction of sp³-hybridized carbons (Fsp3) is 0.500. The lowest BCUT2D eigenvalue weighted by molar-refractivity contribution is -0.216. The molecule has 198 valence electrons. The third kappa shape index (κ3) is 4.65. The lowest BCUT2D eigenvalue weighted by atomic mass is 9.88. The molecule has 3 fully saturated rings. The number of anilines is 1. The van der Waals surface area contributed by atoms with E-state index in [2.05, 4.69) is 14.8 Å². The average Bonchev–Trinajstić information content (AvgIpc) is 3.49. The minimum Gasteiger partial charge on any atom is -0.459 e. The maximum absolute atomic E-state index is 14.4. The lowest BCUT2D eigenvalue weighted by Gasteiger charge is -2.55. The largest absolute Gasteiger partial charge is 0.502 e. The Morgan fingerprint density at radius 3 is 2.54 bits per heavy atom. The number of fused-ring (bicyclic) bond motifs is 3. The van der Waals surface area contributed by atoms with Gasteiger partial charge >= 0.3 is 18.2 Å². The van der Waals surface area contributed by atoms with Crippen LogP contribution in [0.4, 0.5) is 19.6 Å². The first-order chi connectivity index (χ1) is 17.5. The van der Waals surface area contributed by atoms with E-state index >= 15 is 0 Å². The summed E-state index contributed by atoms with van der Waals surface area (Å²) in [5, 5.41) is 4.19. The summed E-state index contributed by atoms with van der Waals surface area (Å²) < 4.78 is 51.1. The van der Waals surface area contributed by atoms with Crippen LogP contribution in [0.3, 0.4) is 0 Å². The van der Waals surface area contributed by atoms with Gasteiger partial charge in [-0.3, -0.25) is 4.90 Å². The summed E-state index contributed by atoms with van der Waals surface area (Å²) in [6.45, 7) is 7.48. The number of amides is 1. The summed E-state index contributed by atoms with van der Waals surface area (Å²) in [7, 11) is 0. The Morgan fingerprint density at radius 1 is 1.19 bits per heavy atom. The van der Waals surface area contributed by atoms with Gasteiger partial charge < -0.3 is 23.5 Å². The number of carbonyl (C=O) groups is 2. The number of ether oxygens (including phenoxy) is 3. The molecule has 0 aliphatic carbocycles. The molecule has 3 aliphatic heterocycles. The highest BCUT2D eigenvalue weighted by molar-refractivity contribution is 5.89. The molecule has 0 saturated carbocycles. The van der Waals surface area contributed by atoms with Crippen molar-refractivity contribution < 1.29 is 37.0 Å². The summed E-state index contributed by atoms with van der Waals surface area (Å²) in [6, 6.07) is 4.44. The Labute approximate surface area is 210 Å². The summed E-state index contributed by atoms with van der Waals surface area (Å²) in [5.74, 6) is -2.15. The second-order valence-electron chi connectivity index (χ2n) is 9.88. The lowest BCUT2D eigenvalue weighted by Crippen LogP contribution is -2.70. The number of aromatic nitrogens is 3. The average molecular weight is 520 g/mol. The number of hydrogen-bond acceptors (Lipinski definition) is 9. The molecule has 1 amide bonds. The third-order valence-corrected chi connectivity index (χ3v) is 6.04. The fourth-order valence-corrected chi connectivity index (χ4v) is 4.54. The minimum absolute atomic E-state index is 0.00443. The number of nitrogens with zero attached hydrogens (tertiary/aromatic N) is 5. The van der Waals surface area contributed by atoms with Crippen LogP contribution < -0.4 is 9.64 Å². The van der Waals surface area contributed by atoms with Crippen molar-refractivity contribution in [2.24, 2.45) is 0 Å². The van der Waals surface area contributed by atoms with Gasteiger partial charge in [-0.1, -0.05) is 0 Å². The van der Waals surface area contributed by atoms with Crippen molar-refractivity contribution in [3.05, 3.63) is 30.6 Å². The van der Waals surface area contributed by atoms with Crippen molar-refractivity contribution in [3.63, 3.8) is 0 Å². The number of halogens is 2. The van der Waals surface area contributed by atoms with Crippen LogP contribution in [0.1, 0.15) is 34.1 Å². The number of piperazine rings is 1. The first-order valence-corrected chi connectivity index (χ1v) is 11.9. The number of carbonyl (C=O) groups excluding carboxylic acids is 2. The summed E-state index contributed by atoms with van der Waals surface area (Å²) in [4.78, 5) is 32.3. The topological polar surface area (TPSA) is 112 Å². The van der Waals surface area contributed by atoms with Gasteiger partial charge in [0.25, 0.3) is 6.01 Å². The van der Waals surface area contributed by atoms with Crippen molar-refractivity contribution in [2.45, 2.75) is 57.9 Å². The Bertz CT molecular complexity index is 1310. The van der Waals surface area contributed by atoms with E-state index in [1.54, 1.807) is 23.4 Å². The predicted molar refractivity (Wildman–Crippen MR) is 126 cm³/mol. The normalized spacial score (nSPS) is 19.5. The second-order valence-corrected chi connectivity index (χ2v) is 9.88. The predicted octanol–water partition coefficient (Wildman–Crippen LogP) is 3.75. The highest BCUT2D eigenvalue weighted by Crippen LogP contribution is 2.40. The highest BCUT2D eigenvalue weighted by atomic mass is 19.3. The third-order valence-electron chi connectivity index (χ3n) is 6.04. The van der Waals surface area contributed by atoms with Gasteiger partial charge in [0.2, 0.25) is 0 Å². The molecule has 37 heavy (non-hydrogen) atoms. The summed E-state index contributed by atoms with van der Waals surface area (Å²) in [6.07, 6.45) is -0.556. The first kappa shape index (κ1) is 24.8. The molecule has 2 unspecified atom stereocenters. The van der Waals surface area contributed by atoms with Gasteiger partial charge in [0.15, 0.2) is 16.8 Å². The molecule has 0 radical (unpaired) electrons. The Morgan fingerprint density at radius 2 is 1.92 bits per heavy atom. The second kappa shape index (κ2) is 8.89. The number of benzene rings is 1. The fourth-order valence-electron chi connectivity index (χ4n) is 4.54. The summed E-state index contributed by atoms with van der Waals surface area (Å²) >= 11 is 0. The van der Waals surface area contributed by atoms with Crippen molar-refractivity contribution in [2.75, 3.05) is 24.6 Å². The van der Waals surface area contributed by atoms with Crippen LogP contribution >= 0.6 is 0 Å². The molecule has 13 heteroatoms. The van der Waals surface area contributed by atoms with Crippen LogP contribution in [0.25, 0.3) is 16.8 Å². The van der Waals surface area contributed by atoms with Gasteiger partial charge in [-0.25, -0.2) is 14.3 Å². The van der Waals surface area contributed by atoms with Gasteiger partial charge in [0, 0.05) is 25.5 Å². The van der Waals surface area contributed by atoms with Gasteiger partial charge in [-0.15, -0.1) is 0 Å². The summed E-state index contributed by atoms with van der Waals surface area (Å²) in [5.41, 5.74) is -0.0105. The first-order valence-electron chi connectivity index (χ1n) is 11.9. The Kier molecular flexibility index (Phi) is 5.95. The van der Waals surface area contributed by atoms with Crippen LogP contribution in [-0.4, -0.2) is 75.2 Å². The maximum Gasteiger partial charge on any atom is 0.502 e. The Hall–Kier alpha value is -3.90. The molecule has 0 spiro atoms. The molecule has 3 aliphatic rings. The van der Waals surface area contributed by atoms with E-state index in [0.29, 0.717) is 18.8 Å². The monoisotopic (exact) mass is 519 g/mol. The molecule has 3 aromatic rings. The molecular formula is C24H27F2N5O6. The molecule has 11 nitrogen and oxygen atoms in total. The smallest absolute Gasteiger partial charge is 0.459 e. The van der Waals surface area contributed by atoms with E-state index < -0.39 is 17.7 Å². The molecule has 2 aromatic heterocycles. The van der Waals surface area contributed by atoms with E-state index in [-0.39, 0.29) is 47.6 Å². The van der Waals surface area contributed by atoms with Crippen LogP contribution in [0.2, 0.25) is 0 Å². The standard InChI is InChI=1S/C24H27F2N5O6/c1-5-34-20(32)24(25,26)36-17-8-7-16(30-10-6-9-27-30)19-18(17)28-21(35-19)29-12-14-11-15(13-29)31(14)22(33)37-23(2,3)4/h6-10,14-15H,5,11-13H2,1-4H3. The molecule has 6 rings (SSSR count). The SMILES string of the molecule is CCOC(=O)C(F)(F)Oc1ccc(-n2cccn2)c2oc(N3CC4CC(C3)N4C(=O)OC(C)(C)C)nc12. The molecule has 2 atom stereocenters. The molecule has 5 heterocycles. The van der Waals surface area contributed by atoms with E-state index in [1.807, 2.05) is 25.7 Å². The maximum atomic E-state index is 14.4. The van der Waals surface area contributed by atoms with Crippen molar-refractivity contribution in [3.8, 4) is 11.4 Å². The Balaban J connectivity index is 1.45.